The third-order valence-corrected chi connectivity index (χ3v) is 2.28. The molecule has 1 atom stereocenters. The molecule has 0 spiro atoms. The third-order valence-electron chi connectivity index (χ3n) is 2.28. The minimum absolute atomic E-state index is 0.350. The van der Waals surface area contributed by atoms with Crippen molar-refractivity contribution in [3.8, 4) is 0 Å². The van der Waals surface area contributed by atoms with Crippen LogP contribution in [-0.2, 0) is 14.3 Å². The van der Waals surface area contributed by atoms with Gasteiger partial charge in [-0.25, -0.2) is 4.79 Å². The van der Waals surface area contributed by atoms with Gasteiger partial charge < -0.3 is 10.1 Å². The SMILES string of the molecule is C/C=C/C(=O)O[C@H](C)C(=O)Nc1ccc(C)cc1. The van der Waals surface area contributed by atoms with Gasteiger partial charge in [-0.15, -0.1) is 0 Å². The third kappa shape index (κ3) is 4.41. The van der Waals surface area contributed by atoms with Gasteiger partial charge in [-0.2, -0.15) is 0 Å². The molecule has 1 rings (SSSR count). The number of esters is 1. The average molecular weight is 247 g/mol. The lowest BCUT2D eigenvalue weighted by Crippen LogP contribution is -2.29. The molecule has 0 aliphatic rings. The summed E-state index contributed by atoms with van der Waals surface area (Å²) in [5.74, 6) is -0.874. The largest absolute Gasteiger partial charge is 0.449 e. The highest BCUT2D eigenvalue weighted by Gasteiger charge is 2.16. The van der Waals surface area contributed by atoms with Crippen LogP contribution in [-0.4, -0.2) is 18.0 Å². The Morgan fingerprint density at radius 3 is 2.44 bits per heavy atom. The number of anilines is 1. The Morgan fingerprint density at radius 1 is 1.28 bits per heavy atom. The molecule has 0 aliphatic carbocycles. The molecule has 96 valence electrons. The molecular formula is C14H17NO3. The number of benzene rings is 1. The van der Waals surface area contributed by atoms with Gasteiger partial charge in [0.15, 0.2) is 6.10 Å². The van der Waals surface area contributed by atoms with Gasteiger partial charge in [0.25, 0.3) is 5.91 Å². The zero-order valence-electron chi connectivity index (χ0n) is 10.8. The van der Waals surface area contributed by atoms with Crippen LogP contribution in [0.5, 0.6) is 0 Å². The standard InChI is InChI=1S/C14H17NO3/c1-4-5-13(16)18-11(3)14(17)15-12-8-6-10(2)7-9-12/h4-9,11H,1-3H3,(H,15,17)/b5-4+/t11-/m1/s1. The molecule has 18 heavy (non-hydrogen) atoms. The van der Waals surface area contributed by atoms with Gasteiger partial charge in [0.1, 0.15) is 0 Å². The Kier molecular flexibility index (Phi) is 5.11. The second-order valence-corrected chi connectivity index (χ2v) is 3.93. The monoisotopic (exact) mass is 247 g/mol. The molecule has 0 radical (unpaired) electrons. The summed E-state index contributed by atoms with van der Waals surface area (Å²) < 4.78 is 4.91. The summed E-state index contributed by atoms with van der Waals surface area (Å²) in [7, 11) is 0. The van der Waals surface area contributed by atoms with Crippen molar-refractivity contribution < 1.29 is 14.3 Å². The molecule has 0 fully saturated rings. The van der Waals surface area contributed by atoms with E-state index in [2.05, 4.69) is 5.32 Å². The number of carbonyl (C=O) groups excluding carboxylic acids is 2. The van der Waals surface area contributed by atoms with E-state index in [-0.39, 0.29) is 5.91 Å². The lowest BCUT2D eigenvalue weighted by Gasteiger charge is -2.12. The van der Waals surface area contributed by atoms with Crippen molar-refractivity contribution in [2.45, 2.75) is 26.9 Å². The summed E-state index contributed by atoms with van der Waals surface area (Å²) in [5, 5.41) is 2.68. The number of nitrogens with one attached hydrogen (secondary N) is 1. The second-order valence-electron chi connectivity index (χ2n) is 3.93. The first-order valence-electron chi connectivity index (χ1n) is 5.73. The maximum absolute atomic E-state index is 11.7. The zero-order chi connectivity index (χ0) is 13.5. The van der Waals surface area contributed by atoms with Crippen LogP contribution in [0.15, 0.2) is 36.4 Å². The number of ether oxygens (including phenoxy) is 1. The lowest BCUT2D eigenvalue weighted by molar-refractivity contribution is -0.148. The fraction of sp³-hybridized carbons (Fsp3) is 0.286. The number of hydrogen-bond donors (Lipinski definition) is 1. The van der Waals surface area contributed by atoms with Crippen LogP contribution >= 0.6 is 0 Å². The van der Waals surface area contributed by atoms with Gasteiger partial charge >= 0.3 is 5.97 Å². The maximum Gasteiger partial charge on any atom is 0.331 e. The van der Waals surface area contributed by atoms with E-state index in [1.165, 1.54) is 13.0 Å². The van der Waals surface area contributed by atoms with E-state index in [0.29, 0.717) is 5.69 Å². The van der Waals surface area contributed by atoms with Crippen LogP contribution in [0.1, 0.15) is 19.4 Å². The molecule has 0 unspecified atom stereocenters. The van der Waals surface area contributed by atoms with Crippen LogP contribution in [0.2, 0.25) is 0 Å². The van der Waals surface area contributed by atoms with E-state index in [0.717, 1.165) is 5.56 Å². The highest BCUT2D eigenvalue weighted by atomic mass is 16.5. The minimum atomic E-state index is -0.824. The molecule has 4 nitrogen and oxygen atoms in total. The number of allylic oxidation sites excluding steroid dienone is 1. The topological polar surface area (TPSA) is 55.4 Å². The molecule has 0 saturated heterocycles. The highest BCUT2D eigenvalue weighted by molar-refractivity contribution is 5.95. The van der Waals surface area contributed by atoms with Crippen molar-refractivity contribution >= 4 is 17.6 Å². The van der Waals surface area contributed by atoms with Gasteiger partial charge in [0.2, 0.25) is 0 Å². The number of rotatable bonds is 4. The molecule has 4 heteroatoms. The van der Waals surface area contributed by atoms with E-state index in [1.807, 2.05) is 19.1 Å². The number of aryl methyl sites for hydroxylation is 1. The van der Waals surface area contributed by atoms with Crippen LogP contribution in [0.4, 0.5) is 5.69 Å². The van der Waals surface area contributed by atoms with Crippen LogP contribution in [0.25, 0.3) is 0 Å². The molecule has 0 saturated carbocycles. The van der Waals surface area contributed by atoms with Crippen molar-refractivity contribution in [3.05, 3.63) is 42.0 Å². The Balaban J connectivity index is 2.54. The molecule has 0 aromatic heterocycles. The van der Waals surface area contributed by atoms with Crippen LogP contribution in [0, 0.1) is 6.92 Å². The van der Waals surface area contributed by atoms with Crippen molar-refractivity contribution in [2.24, 2.45) is 0 Å². The minimum Gasteiger partial charge on any atom is -0.449 e. The summed E-state index contributed by atoms with van der Waals surface area (Å²) in [6, 6.07) is 7.39. The summed E-state index contributed by atoms with van der Waals surface area (Å²) in [6.07, 6.45) is 2.01. The van der Waals surface area contributed by atoms with E-state index in [1.54, 1.807) is 25.1 Å². The predicted molar refractivity (Wildman–Crippen MR) is 70.2 cm³/mol. The Labute approximate surface area is 107 Å². The van der Waals surface area contributed by atoms with Crippen molar-refractivity contribution in [2.75, 3.05) is 5.32 Å². The van der Waals surface area contributed by atoms with Gasteiger partial charge in [-0.1, -0.05) is 23.8 Å². The first-order valence-corrected chi connectivity index (χ1v) is 5.73. The summed E-state index contributed by atoms with van der Waals surface area (Å²) in [6.45, 7) is 5.20. The zero-order valence-corrected chi connectivity index (χ0v) is 10.8. The van der Waals surface area contributed by atoms with Crippen molar-refractivity contribution in [1.29, 1.82) is 0 Å². The van der Waals surface area contributed by atoms with Gasteiger partial charge in [0, 0.05) is 11.8 Å². The molecule has 1 aromatic carbocycles. The Hall–Kier alpha value is -2.10. The number of carbonyl (C=O) groups is 2. The molecule has 0 bridgehead atoms. The van der Waals surface area contributed by atoms with E-state index in [9.17, 15) is 9.59 Å². The number of amides is 1. The summed E-state index contributed by atoms with van der Waals surface area (Å²) in [5.41, 5.74) is 1.79. The molecule has 1 aromatic rings. The lowest BCUT2D eigenvalue weighted by atomic mass is 10.2. The first-order chi connectivity index (χ1) is 8.52. The van der Waals surface area contributed by atoms with Crippen molar-refractivity contribution in [3.63, 3.8) is 0 Å². The quantitative estimate of drug-likeness (QED) is 0.656. The maximum atomic E-state index is 11.7. The number of hydrogen-bond acceptors (Lipinski definition) is 3. The normalized spacial score (nSPS) is 12.2. The molecule has 1 N–H and O–H groups in total. The Bertz CT molecular complexity index is 449. The molecular weight excluding hydrogens is 230 g/mol. The molecule has 0 heterocycles. The fourth-order valence-corrected chi connectivity index (χ4v) is 1.28. The predicted octanol–water partition coefficient (Wildman–Crippen LogP) is 2.44. The van der Waals surface area contributed by atoms with E-state index in [4.69, 9.17) is 4.74 Å². The van der Waals surface area contributed by atoms with Crippen LogP contribution < -0.4 is 5.32 Å². The van der Waals surface area contributed by atoms with Gasteiger partial charge in [-0.05, 0) is 32.9 Å². The van der Waals surface area contributed by atoms with Crippen LogP contribution in [0.3, 0.4) is 0 Å². The Morgan fingerprint density at radius 2 is 1.89 bits per heavy atom. The van der Waals surface area contributed by atoms with E-state index < -0.39 is 12.1 Å². The smallest absolute Gasteiger partial charge is 0.331 e. The van der Waals surface area contributed by atoms with Gasteiger partial charge in [-0.3, -0.25) is 4.79 Å². The van der Waals surface area contributed by atoms with Gasteiger partial charge in [0.05, 0.1) is 0 Å². The van der Waals surface area contributed by atoms with Crippen molar-refractivity contribution in [1.82, 2.24) is 0 Å². The molecule has 0 aliphatic heterocycles. The molecule has 1 amide bonds. The average Bonchev–Trinajstić information content (AvgIpc) is 2.32. The second kappa shape index (κ2) is 6.59. The fourth-order valence-electron chi connectivity index (χ4n) is 1.28. The highest BCUT2D eigenvalue weighted by Crippen LogP contribution is 2.09. The first kappa shape index (κ1) is 14.0. The summed E-state index contributed by atoms with van der Waals surface area (Å²) >= 11 is 0. The van der Waals surface area contributed by atoms with E-state index >= 15 is 0 Å². The summed E-state index contributed by atoms with van der Waals surface area (Å²) in [4.78, 5) is 22.9.